The van der Waals surface area contributed by atoms with Gasteiger partial charge in [0.2, 0.25) is 0 Å². The van der Waals surface area contributed by atoms with Crippen molar-refractivity contribution in [3.8, 4) is 11.1 Å². The van der Waals surface area contributed by atoms with E-state index < -0.39 is 10.0 Å². The Kier molecular flexibility index (Phi) is 2.62. The Morgan fingerprint density at radius 2 is 1.46 bits per heavy atom. The van der Waals surface area contributed by atoms with E-state index in [1.807, 2.05) is 12.1 Å². The molecule has 1 aromatic heterocycles. The maximum Gasteiger partial charge on any atom is 0.136 e. The molecule has 0 bridgehead atoms. The van der Waals surface area contributed by atoms with Gasteiger partial charge >= 0.3 is 0 Å². The molecule has 0 unspecified atom stereocenters. The zero-order valence-corrected chi connectivity index (χ0v) is 15.6. The molecule has 2 heteroatoms. The summed E-state index contributed by atoms with van der Waals surface area (Å²) < 4.78 is 6.10. The summed E-state index contributed by atoms with van der Waals surface area (Å²) in [7, 11) is -0.962. The molecule has 4 aromatic carbocycles. The van der Waals surface area contributed by atoms with Crippen LogP contribution >= 0.6 is 10.0 Å². The number of rotatable bonds is 0. The highest BCUT2D eigenvalue weighted by Crippen LogP contribution is 2.68. The summed E-state index contributed by atoms with van der Waals surface area (Å²) >= 11 is 0. The summed E-state index contributed by atoms with van der Waals surface area (Å²) in [4.78, 5) is 3.00. The molecule has 0 saturated heterocycles. The average Bonchev–Trinajstić information content (AvgIpc) is 3.13. The lowest BCUT2D eigenvalue weighted by Gasteiger charge is -2.28. The Bertz CT molecular complexity index is 1360. The van der Waals surface area contributed by atoms with Gasteiger partial charge in [0.25, 0.3) is 0 Å². The number of benzene rings is 4. The first-order chi connectivity index (χ1) is 12.6. The second-order valence-corrected chi connectivity index (χ2v) is 11.0. The topological polar surface area (TPSA) is 13.1 Å². The number of para-hydroxylation sites is 1. The highest BCUT2D eigenvalue weighted by molar-refractivity contribution is 8.33. The fourth-order valence-electron chi connectivity index (χ4n) is 4.46. The van der Waals surface area contributed by atoms with Gasteiger partial charge in [-0.3, -0.25) is 0 Å². The Hall–Kier alpha value is -2.71. The second-order valence-electron chi connectivity index (χ2n) is 7.43. The molecule has 1 aliphatic rings. The number of furan rings is 1. The molecule has 0 aliphatic carbocycles. The van der Waals surface area contributed by atoms with E-state index in [2.05, 4.69) is 73.2 Å². The maximum absolute atomic E-state index is 6.10. The van der Waals surface area contributed by atoms with Crippen LogP contribution < -0.4 is 0 Å². The quantitative estimate of drug-likeness (QED) is 0.286. The SMILES string of the molecule is CS1(C)c2ccccc2-c2c1ccc1cc3oc4ccccc4c3cc21. The van der Waals surface area contributed by atoms with Gasteiger partial charge in [0, 0.05) is 26.1 Å². The van der Waals surface area contributed by atoms with Gasteiger partial charge in [-0.1, -0.05) is 42.5 Å². The fourth-order valence-corrected chi connectivity index (χ4v) is 6.98. The van der Waals surface area contributed by atoms with Crippen molar-refractivity contribution < 1.29 is 4.42 Å². The minimum atomic E-state index is -0.962. The summed E-state index contributed by atoms with van der Waals surface area (Å²) in [5, 5.41) is 4.99. The van der Waals surface area contributed by atoms with Crippen molar-refractivity contribution in [1.29, 1.82) is 0 Å². The molecule has 6 rings (SSSR count). The summed E-state index contributed by atoms with van der Waals surface area (Å²) in [6.07, 6.45) is 4.82. The Morgan fingerprint density at radius 3 is 2.38 bits per heavy atom. The number of hydrogen-bond donors (Lipinski definition) is 0. The molecule has 126 valence electrons. The van der Waals surface area contributed by atoms with Crippen molar-refractivity contribution in [3.63, 3.8) is 0 Å². The second kappa shape index (κ2) is 4.72. The normalized spacial score (nSPS) is 16.1. The summed E-state index contributed by atoms with van der Waals surface area (Å²) in [6.45, 7) is 0. The predicted octanol–water partition coefficient (Wildman–Crippen LogP) is 7.20. The molecule has 0 N–H and O–H groups in total. The molecule has 26 heavy (non-hydrogen) atoms. The molecule has 0 atom stereocenters. The number of fused-ring (bicyclic) bond motifs is 8. The van der Waals surface area contributed by atoms with Gasteiger partial charge in [0.05, 0.1) is 0 Å². The van der Waals surface area contributed by atoms with Crippen molar-refractivity contribution >= 4 is 42.7 Å². The summed E-state index contributed by atoms with van der Waals surface area (Å²) in [5.41, 5.74) is 4.75. The molecule has 0 amide bonds. The minimum absolute atomic E-state index is 0.959. The van der Waals surface area contributed by atoms with Crippen molar-refractivity contribution in [2.24, 2.45) is 0 Å². The molecule has 2 heterocycles. The van der Waals surface area contributed by atoms with Gasteiger partial charge in [0.1, 0.15) is 11.2 Å². The largest absolute Gasteiger partial charge is 0.456 e. The van der Waals surface area contributed by atoms with E-state index in [1.165, 1.54) is 42.5 Å². The number of hydrogen-bond acceptors (Lipinski definition) is 1. The Balaban J connectivity index is 1.82. The Labute approximate surface area is 153 Å². The smallest absolute Gasteiger partial charge is 0.136 e. The van der Waals surface area contributed by atoms with Crippen LogP contribution in [0.5, 0.6) is 0 Å². The monoisotopic (exact) mass is 354 g/mol. The first-order valence-corrected chi connectivity index (χ1v) is 11.3. The standard InChI is InChI=1S/C24H18OS/c1-26(2)22-10-6-4-8-17(22)24-18-14-19-16-7-3-5-9-20(16)25-21(19)13-15(18)11-12-23(24)26/h3-14H,1-2H3. The van der Waals surface area contributed by atoms with E-state index in [0.717, 1.165) is 11.2 Å². The van der Waals surface area contributed by atoms with Gasteiger partial charge in [-0.2, -0.15) is 10.0 Å². The van der Waals surface area contributed by atoms with Crippen LogP contribution in [0.15, 0.2) is 87.0 Å². The molecular weight excluding hydrogens is 336 g/mol. The van der Waals surface area contributed by atoms with E-state index in [0.29, 0.717) is 0 Å². The van der Waals surface area contributed by atoms with E-state index in [4.69, 9.17) is 4.42 Å². The van der Waals surface area contributed by atoms with Crippen LogP contribution in [-0.4, -0.2) is 12.5 Å². The molecule has 0 fully saturated rings. The average molecular weight is 354 g/mol. The lowest BCUT2D eigenvalue weighted by atomic mass is 9.97. The van der Waals surface area contributed by atoms with Crippen LogP contribution in [0.4, 0.5) is 0 Å². The Morgan fingerprint density at radius 1 is 0.654 bits per heavy atom. The van der Waals surface area contributed by atoms with E-state index in [9.17, 15) is 0 Å². The third-order valence-corrected chi connectivity index (χ3v) is 8.63. The first-order valence-electron chi connectivity index (χ1n) is 8.85. The predicted molar refractivity (Wildman–Crippen MR) is 113 cm³/mol. The molecule has 1 nitrogen and oxygen atoms in total. The van der Waals surface area contributed by atoms with Gasteiger partial charge in [-0.15, -0.1) is 0 Å². The van der Waals surface area contributed by atoms with Crippen LogP contribution in [0, 0.1) is 0 Å². The van der Waals surface area contributed by atoms with E-state index >= 15 is 0 Å². The van der Waals surface area contributed by atoms with Crippen molar-refractivity contribution in [2.75, 3.05) is 12.5 Å². The van der Waals surface area contributed by atoms with Crippen LogP contribution in [0.25, 0.3) is 43.8 Å². The van der Waals surface area contributed by atoms with Crippen molar-refractivity contribution in [1.82, 2.24) is 0 Å². The molecule has 5 aromatic rings. The lowest BCUT2D eigenvalue weighted by molar-refractivity contribution is 0.669. The third kappa shape index (κ3) is 1.68. The van der Waals surface area contributed by atoms with E-state index in [-0.39, 0.29) is 0 Å². The molecule has 0 saturated carbocycles. The van der Waals surface area contributed by atoms with Crippen LogP contribution in [0.3, 0.4) is 0 Å². The molecule has 0 radical (unpaired) electrons. The van der Waals surface area contributed by atoms with Crippen molar-refractivity contribution in [3.05, 3.63) is 72.8 Å². The third-order valence-electron chi connectivity index (χ3n) is 5.73. The highest BCUT2D eigenvalue weighted by atomic mass is 32.3. The minimum Gasteiger partial charge on any atom is -0.456 e. The zero-order chi connectivity index (χ0) is 17.5. The zero-order valence-electron chi connectivity index (χ0n) is 14.7. The molecule has 0 spiro atoms. The van der Waals surface area contributed by atoms with Crippen molar-refractivity contribution in [2.45, 2.75) is 9.79 Å². The molecular formula is C24H18OS. The van der Waals surface area contributed by atoms with Gasteiger partial charge in [-0.25, -0.2) is 0 Å². The molecule has 1 aliphatic heterocycles. The summed E-state index contributed by atoms with van der Waals surface area (Å²) in [5.74, 6) is 0. The van der Waals surface area contributed by atoms with Crippen LogP contribution in [-0.2, 0) is 0 Å². The highest BCUT2D eigenvalue weighted by Gasteiger charge is 2.32. The van der Waals surface area contributed by atoms with Gasteiger partial charge < -0.3 is 4.42 Å². The van der Waals surface area contributed by atoms with Crippen LogP contribution in [0.1, 0.15) is 0 Å². The summed E-state index contributed by atoms with van der Waals surface area (Å²) in [6, 6.07) is 26.4. The van der Waals surface area contributed by atoms with E-state index in [1.54, 1.807) is 0 Å². The lowest BCUT2D eigenvalue weighted by Crippen LogP contribution is -1.92. The van der Waals surface area contributed by atoms with Gasteiger partial charge in [-0.05, 0) is 59.2 Å². The van der Waals surface area contributed by atoms with Crippen LogP contribution in [0.2, 0.25) is 0 Å². The maximum atomic E-state index is 6.10. The first kappa shape index (κ1) is 14.5. The van der Waals surface area contributed by atoms with Gasteiger partial charge in [0.15, 0.2) is 0 Å². The fraction of sp³-hybridized carbons (Fsp3) is 0.0833.